The highest BCUT2D eigenvalue weighted by Crippen LogP contribution is 2.34. The molecule has 0 aromatic carbocycles. The lowest BCUT2D eigenvalue weighted by molar-refractivity contribution is 0.0959. The van der Waals surface area contributed by atoms with Crippen molar-refractivity contribution in [1.82, 2.24) is 9.97 Å². The highest BCUT2D eigenvalue weighted by Gasteiger charge is 2.31. The van der Waals surface area contributed by atoms with E-state index >= 15 is 0 Å². The lowest BCUT2D eigenvalue weighted by Crippen LogP contribution is -2.23. The summed E-state index contributed by atoms with van der Waals surface area (Å²) < 4.78 is 5.59. The number of nitrogens with zero attached hydrogens (tertiary/aromatic N) is 2. The van der Waals surface area contributed by atoms with Crippen molar-refractivity contribution in [2.75, 3.05) is 11.5 Å². The molecule has 1 aliphatic rings. The van der Waals surface area contributed by atoms with E-state index in [0.717, 1.165) is 11.5 Å². The number of nitrogen functional groups attached to an aromatic ring is 2. The zero-order chi connectivity index (χ0) is 13.6. The van der Waals surface area contributed by atoms with E-state index in [1.807, 2.05) is 19.1 Å². The maximum atomic E-state index is 12.2. The third-order valence-corrected chi connectivity index (χ3v) is 3.34. The molecule has 0 aliphatic heterocycles. The van der Waals surface area contributed by atoms with Crippen molar-refractivity contribution in [1.29, 1.82) is 0 Å². The highest BCUT2D eigenvalue weighted by molar-refractivity contribution is 6.02. The third-order valence-electron chi connectivity index (χ3n) is 3.34. The summed E-state index contributed by atoms with van der Waals surface area (Å²) in [6.07, 6.45) is 0.947. The summed E-state index contributed by atoms with van der Waals surface area (Å²) in [5.41, 5.74) is 12.3. The SMILES string of the molecule is Cc1ccc([C@H]2CC(=O)c3c(N)nc(N)nc3C2)o1. The molecule has 4 N–H and O–H groups in total. The molecule has 0 spiro atoms. The molecular weight excluding hydrogens is 244 g/mol. The molecule has 2 aromatic heterocycles. The van der Waals surface area contributed by atoms with Crippen LogP contribution in [-0.2, 0) is 6.42 Å². The van der Waals surface area contributed by atoms with Gasteiger partial charge < -0.3 is 15.9 Å². The number of furan rings is 1. The topological polar surface area (TPSA) is 108 Å². The van der Waals surface area contributed by atoms with Crippen LogP contribution in [-0.4, -0.2) is 15.8 Å². The molecule has 3 rings (SSSR count). The molecule has 6 nitrogen and oxygen atoms in total. The molecule has 1 aliphatic carbocycles. The Morgan fingerprint density at radius 1 is 1.26 bits per heavy atom. The fourth-order valence-electron chi connectivity index (χ4n) is 2.50. The van der Waals surface area contributed by atoms with Crippen LogP contribution < -0.4 is 11.5 Å². The molecule has 0 unspecified atom stereocenters. The van der Waals surface area contributed by atoms with Gasteiger partial charge in [0.2, 0.25) is 5.95 Å². The van der Waals surface area contributed by atoms with Gasteiger partial charge in [0.05, 0.1) is 11.3 Å². The Morgan fingerprint density at radius 3 is 2.74 bits per heavy atom. The van der Waals surface area contributed by atoms with Gasteiger partial charge >= 0.3 is 0 Å². The monoisotopic (exact) mass is 258 g/mol. The van der Waals surface area contributed by atoms with Crippen LogP contribution in [0.15, 0.2) is 16.5 Å². The standard InChI is InChI=1S/C13H14N4O2/c1-6-2-3-10(19-6)7-4-8-11(9(18)5-7)12(14)17-13(15)16-8/h2-3,7H,4-5H2,1H3,(H4,14,15,16,17)/t7-/m1/s1. The van der Waals surface area contributed by atoms with E-state index in [9.17, 15) is 4.79 Å². The van der Waals surface area contributed by atoms with Crippen LogP contribution in [0.25, 0.3) is 0 Å². The second-order valence-electron chi connectivity index (χ2n) is 4.77. The van der Waals surface area contributed by atoms with E-state index in [-0.39, 0.29) is 23.5 Å². The lowest BCUT2D eigenvalue weighted by Gasteiger charge is -2.22. The fraction of sp³-hybridized carbons (Fsp3) is 0.308. The van der Waals surface area contributed by atoms with Gasteiger partial charge in [-0.15, -0.1) is 0 Å². The Balaban J connectivity index is 2.02. The molecule has 19 heavy (non-hydrogen) atoms. The first kappa shape index (κ1) is 11.7. The average Bonchev–Trinajstić information content (AvgIpc) is 2.74. The minimum absolute atomic E-state index is 0.0117. The number of carbonyl (C=O) groups is 1. The molecule has 0 radical (unpaired) electrons. The van der Waals surface area contributed by atoms with E-state index in [4.69, 9.17) is 15.9 Å². The summed E-state index contributed by atoms with van der Waals surface area (Å²) in [5.74, 6) is 1.82. The van der Waals surface area contributed by atoms with Gasteiger partial charge in [0.25, 0.3) is 0 Å². The largest absolute Gasteiger partial charge is 0.466 e. The molecule has 0 fully saturated rings. The van der Waals surface area contributed by atoms with Gasteiger partial charge in [-0.3, -0.25) is 4.79 Å². The number of hydrogen-bond donors (Lipinski definition) is 2. The van der Waals surface area contributed by atoms with Crippen LogP contribution in [0.2, 0.25) is 0 Å². The predicted molar refractivity (Wildman–Crippen MR) is 69.7 cm³/mol. The summed E-state index contributed by atoms with van der Waals surface area (Å²) in [5, 5.41) is 0. The van der Waals surface area contributed by atoms with E-state index in [0.29, 0.717) is 24.1 Å². The second-order valence-corrected chi connectivity index (χ2v) is 4.77. The number of rotatable bonds is 1. The molecule has 98 valence electrons. The van der Waals surface area contributed by atoms with Gasteiger partial charge in [0.15, 0.2) is 5.78 Å². The quantitative estimate of drug-likeness (QED) is 0.801. The zero-order valence-corrected chi connectivity index (χ0v) is 10.5. The molecule has 0 saturated carbocycles. The Bertz CT molecular complexity index is 663. The summed E-state index contributed by atoms with van der Waals surface area (Å²) in [6.45, 7) is 1.88. The third kappa shape index (κ3) is 1.95. The van der Waals surface area contributed by atoms with Crippen molar-refractivity contribution in [3.63, 3.8) is 0 Å². The van der Waals surface area contributed by atoms with Crippen molar-refractivity contribution < 1.29 is 9.21 Å². The van der Waals surface area contributed by atoms with Crippen LogP contribution >= 0.6 is 0 Å². The number of aryl methyl sites for hydroxylation is 1. The van der Waals surface area contributed by atoms with Gasteiger partial charge in [-0.25, -0.2) is 4.98 Å². The highest BCUT2D eigenvalue weighted by atomic mass is 16.3. The Kier molecular flexibility index (Phi) is 2.51. The van der Waals surface area contributed by atoms with Crippen molar-refractivity contribution in [2.24, 2.45) is 0 Å². The molecule has 6 heteroatoms. The number of Topliss-reactive ketones (excluding diaryl/α,β-unsaturated/α-hetero) is 1. The second kappa shape index (κ2) is 4.08. The molecule has 2 aromatic rings. The summed E-state index contributed by atoms with van der Waals surface area (Å²) in [7, 11) is 0. The van der Waals surface area contributed by atoms with Gasteiger partial charge in [-0.1, -0.05) is 0 Å². The predicted octanol–water partition coefficient (Wildman–Crippen LogP) is 1.46. The van der Waals surface area contributed by atoms with Gasteiger partial charge in [0, 0.05) is 18.8 Å². The normalized spacial score (nSPS) is 18.4. The van der Waals surface area contributed by atoms with E-state index < -0.39 is 0 Å². The number of nitrogens with two attached hydrogens (primary N) is 2. The summed E-state index contributed by atoms with van der Waals surface area (Å²) >= 11 is 0. The minimum atomic E-state index is -0.0576. The maximum Gasteiger partial charge on any atom is 0.222 e. The lowest BCUT2D eigenvalue weighted by atomic mass is 9.84. The van der Waals surface area contributed by atoms with Crippen LogP contribution in [0.4, 0.5) is 11.8 Å². The van der Waals surface area contributed by atoms with Crippen molar-refractivity contribution in [3.05, 3.63) is 34.9 Å². The number of anilines is 2. The summed E-state index contributed by atoms with van der Waals surface area (Å²) in [6, 6.07) is 3.78. The van der Waals surface area contributed by atoms with Crippen LogP contribution in [0.3, 0.4) is 0 Å². The minimum Gasteiger partial charge on any atom is -0.466 e. The Labute approximate surface area is 109 Å². The van der Waals surface area contributed by atoms with Crippen LogP contribution in [0.1, 0.15) is 39.9 Å². The molecule has 0 bridgehead atoms. The van der Waals surface area contributed by atoms with Crippen molar-refractivity contribution in [2.45, 2.75) is 25.7 Å². The van der Waals surface area contributed by atoms with Gasteiger partial charge in [0.1, 0.15) is 17.3 Å². The van der Waals surface area contributed by atoms with E-state index in [1.54, 1.807) is 0 Å². The number of aromatic nitrogens is 2. The molecule has 0 amide bonds. The number of carbonyl (C=O) groups excluding carboxylic acids is 1. The molecule has 1 atom stereocenters. The van der Waals surface area contributed by atoms with E-state index in [1.165, 1.54) is 0 Å². The first-order valence-electron chi connectivity index (χ1n) is 6.06. The maximum absolute atomic E-state index is 12.2. The zero-order valence-electron chi connectivity index (χ0n) is 10.5. The van der Waals surface area contributed by atoms with Crippen molar-refractivity contribution in [3.8, 4) is 0 Å². The van der Waals surface area contributed by atoms with Gasteiger partial charge in [-0.2, -0.15) is 4.98 Å². The molecular formula is C13H14N4O2. The number of fused-ring (bicyclic) bond motifs is 1. The fourth-order valence-corrected chi connectivity index (χ4v) is 2.50. The average molecular weight is 258 g/mol. The molecule has 2 heterocycles. The summed E-state index contributed by atoms with van der Waals surface area (Å²) in [4.78, 5) is 20.1. The first-order valence-corrected chi connectivity index (χ1v) is 6.06. The van der Waals surface area contributed by atoms with Crippen LogP contribution in [0, 0.1) is 6.92 Å². The van der Waals surface area contributed by atoms with Crippen LogP contribution in [0.5, 0.6) is 0 Å². The number of ketones is 1. The van der Waals surface area contributed by atoms with Gasteiger partial charge in [-0.05, 0) is 19.1 Å². The molecule has 0 saturated heterocycles. The first-order chi connectivity index (χ1) is 9.04. The number of hydrogen-bond acceptors (Lipinski definition) is 6. The Hall–Kier alpha value is -2.37. The smallest absolute Gasteiger partial charge is 0.222 e. The van der Waals surface area contributed by atoms with Crippen molar-refractivity contribution >= 4 is 17.5 Å². The Morgan fingerprint density at radius 2 is 2.05 bits per heavy atom. The van der Waals surface area contributed by atoms with E-state index in [2.05, 4.69) is 9.97 Å².